The van der Waals surface area contributed by atoms with Crippen molar-refractivity contribution in [1.29, 1.82) is 0 Å². The predicted octanol–water partition coefficient (Wildman–Crippen LogP) is 4.87. The number of rotatable bonds is 4. The molecule has 2 aromatic carbocycles. The van der Waals surface area contributed by atoms with Gasteiger partial charge in [0.1, 0.15) is 0 Å². The second kappa shape index (κ2) is 7.85. The van der Waals surface area contributed by atoms with Crippen LogP contribution in [-0.4, -0.2) is 39.0 Å². The number of para-hydroxylation sites is 1. The number of likely N-dealkylation sites (N-methyl/N-ethyl adjacent to an activating group) is 1. The third-order valence-corrected chi connectivity index (χ3v) is 5.60. The molecule has 0 spiro atoms. The molecule has 1 aliphatic heterocycles. The topological polar surface area (TPSA) is 96.6 Å². The number of nitro benzene ring substituents is 1. The first-order chi connectivity index (χ1) is 14.4. The fourth-order valence-corrected chi connectivity index (χ4v) is 3.96. The summed E-state index contributed by atoms with van der Waals surface area (Å²) < 4.78 is 0. The molecule has 0 bridgehead atoms. The smallest absolute Gasteiger partial charge is 0.336 e. The zero-order valence-electron chi connectivity index (χ0n) is 16.1. The highest BCUT2D eigenvalue weighted by molar-refractivity contribution is 6.32. The highest BCUT2D eigenvalue weighted by Gasteiger charge is 2.28. The van der Waals surface area contributed by atoms with E-state index in [1.54, 1.807) is 24.3 Å². The molecule has 0 unspecified atom stereocenters. The molecule has 1 N–H and O–H groups in total. The van der Waals surface area contributed by atoms with Gasteiger partial charge in [0.15, 0.2) is 0 Å². The minimum Gasteiger partial charge on any atom is -0.478 e. The number of benzene rings is 2. The Morgan fingerprint density at radius 3 is 2.77 bits per heavy atom. The molecule has 1 aromatic heterocycles. The van der Waals surface area contributed by atoms with Crippen LogP contribution in [-0.2, 0) is 6.54 Å². The summed E-state index contributed by atoms with van der Waals surface area (Å²) in [6.45, 7) is 3.71. The molecule has 152 valence electrons. The number of carboxylic acid groups (broad SMARTS) is 1. The van der Waals surface area contributed by atoms with Crippen molar-refractivity contribution in [2.45, 2.75) is 13.5 Å². The molecule has 1 aliphatic rings. The van der Waals surface area contributed by atoms with E-state index in [2.05, 4.69) is 4.90 Å². The molecular formula is C22H18ClN3O4. The summed E-state index contributed by atoms with van der Waals surface area (Å²) in [7, 11) is 0. The van der Waals surface area contributed by atoms with Crippen molar-refractivity contribution in [3.05, 3.63) is 80.0 Å². The maximum Gasteiger partial charge on any atom is 0.336 e. The third kappa shape index (κ3) is 3.53. The Kier molecular flexibility index (Phi) is 5.24. The van der Waals surface area contributed by atoms with Crippen LogP contribution in [0.5, 0.6) is 0 Å². The highest BCUT2D eigenvalue weighted by atomic mass is 35.5. The second-order valence-corrected chi connectivity index (χ2v) is 7.48. The van der Waals surface area contributed by atoms with Gasteiger partial charge in [0, 0.05) is 46.8 Å². The standard InChI is InChI=1S/C22H18ClN3O4/c1-2-25-11-14(9-13-10-15(26(29)30)7-8-18(13)23)21-17(12-25)20(22(27)28)16-5-3-4-6-19(16)24-21/h3-10H,2,11-12H2,1H3,(H,27,28)/b14-9+. The second-order valence-electron chi connectivity index (χ2n) is 7.07. The summed E-state index contributed by atoms with van der Waals surface area (Å²) in [5.41, 5.74) is 3.28. The van der Waals surface area contributed by atoms with E-state index < -0.39 is 10.9 Å². The van der Waals surface area contributed by atoms with Crippen LogP contribution in [0.15, 0.2) is 42.5 Å². The normalized spacial score (nSPS) is 15.3. The monoisotopic (exact) mass is 423 g/mol. The van der Waals surface area contributed by atoms with E-state index in [0.29, 0.717) is 52.4 Å². The van der Waals surface area contributed by atoms with E-state index in [1.165, 1.54) is 18.2 Å². The van der Waals surface area contributed by atoms with Crippen molar-refractivity contribution in [3.8, 4) is 0 Å². The lowest BCUT2D eigenvalue weighted by molar-refractivity contribution is -0.384. The van der Waals surface area contributed by atoms with E-state index in [0.717, 1.165) is 5.57 Å². The number of carboxylic acids is 1. The van der Waals surface area contributed by atoms with Gasteiger partial charge in [-0.1, -0.05) is 36.7 Å². The molecule has 0 atom stereocenters. The van der Waals surface area contributed by atoms with Gasteiger partial charge < -0.3 is 5.11 Å². The summed E-state index contributed by atoms with van der Waals surface area (Å²) in [5.74, 6) is -1.00. The molecule has 7 nitrogen and oxygen atoms in total. The molecule has 30 heavy (non-hydrogen) atoms. The van der Waals surface area contributed by atoms with Crippen molar-refractivity contribution < 1.29 is 14.8 Å². The number of halogens is 1. The maximum atomic E-state index is 12.2. The molecule has 4 rings (SSSR count). The van der Waals surface area contributed by atoms with Gasteiger partial charge in [-0.3, -0.25) is 15.0 Å². The lowest BCUT2D eigenvalue weighted by atomic mass is 9.92. The van der Waals surface area contributed by atoms with Gasteiger partial charge >= 0.3 is 5.97 Å². The predicted molar refractivity (Wildman–Crippen MR) is 116 cm³/mol. The zero-order chi connectivity index (χ0) is 21.4. The molecule has 2 heterocycles. The van der Waals surface area contributed by atoms with Crippen molar-refractivity contribution in [2.75, 3.05) is 13.1 Å². The first-order valence-electron chi connectivity index (χ1n) is 9.41. The third-order valence-electron chi connectivity index (χ3n) is 5.25. The molecule has 3 aromatic rings. The Labute approximate surface area is 177 Å². The molecule has 0 amide bonds. The fourth-order valence-electron chi connectivity index (χ4n) is 3.79. The molecule has 0 saturated heterocycles. The van der Waals surface area contributed by atoms with Crippen LogP contribution in [0.2, 0.25) is 5.02 Å². The number of non-ortho nitro benzene ring substituents is 1. The molecular weight excluding hydrogens is 406 g/mol. The van der Waals surface area contributed by atoms with E-state index in [-0.39, 0.29) is 11.3 Å². The number of aromatic nitrogens is 1. The summed E-state index contributed by atoms with van der Waals surface area (Å²) >= 11 is 6.30. The van der Waals surface area contributed by atoms with Crippen LogP contribution in [0.4, 0.5) is 5.69 Å². The van der Waals surface area contributed by atoms with Crippen molar-refractivity contribution >= 4 is 45.8 Å². The number of pyridine rings is 1. The lowest BCUT2D eigenvalue weighted by Crippen LogP contribution is -2.31. The van der Waals surface area contributed by atoms with Gasteiger partial charge in [-0.15, -0.1) is 0 Å². The Morgan fingerprint density at radius 1 is 1.30 bits per heavy atom. The molecule has 0 fully saturated rings. The molecule has 0 aliphatic carbocycles. The van der Waals surface area contributed by atoms with Gasteiger partial charge in [-0.25, -0.2) is 9.78 Å². The van der Waals surface area contributed by atoms with Crippen LogP contribution in [0.1, 0.15) is 34.1 Å². The van der Waals surface area contributed by atoms with Crippen molar-refractivity contribution in [1.82, 2.24) is 9.88 Å². The number of nitro groups is 1. The Balaban J connectivity index is 1.99. The number of carbonyl (C=O) groups is 1. The van der Waals surface area contributed by atoms with Gasteiger partial charge in [-0.05, 0) is 30.3 Å². The minimum absolute atomic E-state index is 0.0627. The van der Waals surface area contributed by atoms with Crippen LogP contribution >= 0.6 is 11.6 Å². The average Bonchev–Trinajstić information content (AvgIpc) is 2.73. The van der Waals surface area contributed by atoms with Crippen LogP contribution < -0.4 is 0 Å². The Bertz CT molecular complexity index is 1220. The number of hydrogen-bond donors (Lipinski definition) is 1. The van der Waals surface area contributed by atoms with Gasteiger partial charge in [0.2, 0.25) is 0 Å². The maximum absolute atomic E-state index is 12.2. The van der Waals surface area contributed by atoms with E-state index in [4.69, 9.17) is 16.6 Å². The van der Waals surface area contributed by atoms with E-state index >= 15 is 0 Å². The SMILES string of the molecule is CCN1C/C(=C\c2cc([N+](=O)[O-])ccc2Cl)c2nc3ccccc3c(C(=O)O)c2C1. The fraction of sp³-hybridized carbons (Fsp3) is 0.182. The Hall–Kier alpha value is -3.29. The Morgan fingerprint density at radius 2 is 2.07 bits per heavy atom. The van der Waals surface area contributed by atoms with Crippen molar-refractivity contribution in [3.63, 3.8) is 0 Å². The van der Waals surface area contributed by atoms with E-state index in [9.17, 15) is 20.0 Å². The largest absolute Gasteiger partial charge is 0.478 e. The summed E-state index contributed by atoms with van der Waals surface area (Å²) in [6, 6.07) is 11.4. The van der Waals surface area contributed by atoms with Crippen LogP contribution in [0, 0.1) is 10.1 Å². The molecule has 0 radical (unpaired) electrons. The first-order valence-corrected chi connectivity index (χ1v) is 9.79. The number of aromatic carboxylic acids is 1. The summed E-state index contributed by atoms with van der Waals surface area (Å²) in [6.07, 6.45) is 1.77. The lowest BCUT2D eigenvalue weighted by Gasteiger charge is -2.30. The van der Waals surface area contributed by atoms with Crippen LogP contribution in [0.25, 0.3) is 22.6 Å². The van der Waals surface area contributed by atoms with Gasteiger partial charge in [0.25, 0.3) is 5.69 Å². The van der Waals surface area contributed by atoms with E-state index in [1.807, 2.05) is 13.0 Å². The first kappa shape index (κ1) is 20.0. The summed E-state index contributed by atoms with van der Waals surface area (Å²) in [4.78, 5) is 29.7. The summed E-state index contributed by atoms with van der Waals surface area (Å²) in [5, 5.41) is 22.1. The number of fused-ring (bicyclic) bond motifs is 2. The molecule has 8 heteroatoms. The quantitative estimate of drug-likeness (QED) is 0.475. The van der Waals surface area contributed by atoms with Crippen molar-refractivity contribution in [2.24, 2.45) is 0 Å². The zero-order valence-corrected chi connectivity index (χ0v) is 16.9. The van der Waals surface area contributed by atoms with Crippen LogP contribution in [0.3, 0.4) is 0 Å². The average molecular weight is 424 g/mol. The highest BCUT2D eigenvalue weighted by Crippen LogP contribution is 2.35. The number of nitrogens with zero attached hydrogens (tertiary/aromatic N) is 3. The minimum atomic E-state index is -1.00. The number of hydrogen-bond acceptors (Lipinski definition) is 5. The van der Waals surface area contributed by atoms with Gasteiger partial charge in [-0.2, -0.15) is 0 Å². The van der Waals surface area contributed by atoms with Gasteiger partial charge in [0.05, 0.1) is 21.7 Å². The molecule has 0 saturated carbocycles.